The molecule has 2 heteroatoms. The maximum atomic E-state index is 12.2. The minimum absolute atomic E-state index is 0.146. The fraction of sp³-hybridized carbons (Fsp3) is 0.611. The lowest BCUT2D eigenvalue weighted by molar-refractivity contribution is -0.126. The van der Waals surface area contributed by atoms with Crippen LogP contribution in [0.3, 0.4) is 0 Å². The molecule has 0 heterocycles. The predicted molar refractivity (Wildman–Crippen MR) is 85.2 cm³/mol. The van der Waals surface area contributed by atoms with Gasteiger partial charge in [0.1, 0.15) is 5.78 Å². The molecule has 0 radical (unpaired) electrons. The molecule has 1 aromatic rings. The Balaban J connectivity index is 2.12. The third-order valence-electron chi connectivity index (χ3n) is 4.66. The maximum Gasteiger partial charge on any atom is 0.136 e. The van der Waals surface area contributed by atoms with Crippen LogP contribution in [0, 0.1) is 24.2 Å². The number of hydrogen-bond acceptors (Lipinski definition) is 1. The number of carbonyl (C=O) groups excluding carboxylic acids is 1. The zero-order valence-electron chi connectivity index (χ0n) is 13.0. The lowest BCUT2D eigenvalue weighted by atomic mass is 9.67. The zero-order chi connectivity index (χ0) is 14.9. The normalized spacial score (nSPS) is 23.9. The van der Waals surface area contributed by atoms with Crippen LogP contribution < -0.4 is 0 Å². The van der Waals surface area contributed by atoms with Crippen LogP contribution in [0.25, 0.3) is 0 Å². The van der Waals surface area contributed by atoms with E-state index in [0.29, 0.717) is 11.7 Å². The van der Waals surface area contributed by atoms with Crippen molar-refractivity contribution in [1.29, 1.82) is 0 Å². The average Bonchev–Trinajstić information content (AvgIpc) is 2.33. The molecule has 2 atom stereocenters. The lowest BCUT2D eigenvalue weighted by Crippen LogP contribution is -2.33. The van der Waals surface area contributed by atoms with Gasteiger partial charge in [-0.3, -0.25) is 4.79 Å². The highest BCUT2D eigenvalue weighted by Gasteiger charge is 2.34. The van der Waals surface area contributed by atoms with Gasteiger partial charge in [0.15, 0.2) is 0 Å². The summed E-state index contributed by atoms with van der Waals surface area (Å²) in [4.78, 5) is 12.2. The number of ketones is 1. The van der Waals surface area contributed by atoms with Crippen molar-refractivity contribution < 1.29 is 4.79 Å². The Bertz CT molecular complexity index is 499. The van der Waals surface area contributed by atoms with Crippen molar-refractivity contribution in [2.75, 3.05) is 0 Å². The maximum absolute atomic E-state index is 12.2. The first-order valence-corrected chi connectivity index (χ1v) is 7.93. The van der Waals surface area contributed by atoms with E-state index < -0.39 is 0 Å². The van der Waals surface area contributed by atoms with E-state index in [0.717, 1.165) is 36.3 Å². The number of hydrogen-bond donors (Lipinski definition) is 0. The van der Waals surface area contributed by atoms with Crippen LogP contribution in [0.2, 0.25) is 5.02 Å². The van der Waals surface area contributed by atoms with Gasteiger partial charge in [-0.1, -0.05) is 44.5 Å². The number of carbonyl (C=O) groups is 1. The number of rotatable bonds is 2. The highest BCUT2D eigenvalue weighted by molar-refractivity contribution is 6.31. The van der Waals surface area contributed by atoms with Crippen LogP contribution >= 0.6 is 11.6 Å². The van der Waals surface area contributed by atoms with Crippen molar-refractivity contribution in [3.8, 4) is 0 Å². The Morgan fingerprint density at radius 1 is 1.30 bits per heavy atom. The first-order valence-electron chi connectivity index (χ1n) is 7.55. The van der Waals surface area contributed by atoms with Gasteiger partial charge in [-0.15, -0.1) is 0 Å². The summed E-state index contributed by atoms with van der Waals surface area (Å²) >= 11 is 6.31. The standard InChI is InChI=1S/C18H25ClO/c1-12-5-6-13(16(19)9-12)10-14-11-15(18(2,3)4)7-8-17(14)20/h5-6,9,14-15H,7-8,10-11H2,1-4H3. The third-order valence-corrected chi connectivity index (χ3v) is 5.02. The summed E-state index contributed by atoms with van der Waals surface area (Å²) in [5.74, 6) is 1.20. The molecule has 0 aliphatic heterocycles. The van der Waals surface area contributed by atoms with Gasteiger partial charge in [-0.25, -0.2) is 0 Å². The van der Waals surface area contributed by atoms with E-state index in [1.807, 2.05) is 13.0 Å². The van der Waals surface area contributed by atoms with E-state index in [2.05, 4.69) is 32.9 Å². The molecule has 1 fully saturated rings. The first kappa shape index (κ1) is 15.6. The number of halogens is 1. The first-order chi connectivity index (χ1) is 9.27. The molecular weight excluding hydrogens is 268 g/mol. The Morgan fingerprint density at radius 3 is 2.60 bits per heavy atom. The smallest absolute Gasteiger partial charge is 0.136 e. The lowest BCUT2D eigenvalue weighted by Gasteiger charge is -2.37. The molecule has 0 aromatic heterocycles. The van der Waals surface area contributed by atoms with Crippen molar-refractivity contribution in [2.45, 2.75) is 53.4 Å². The summed E-state index contributed by atoms with van der Waals surface area (Å²) in [6.45, 7) is 8.88. The number of aryl methyl sites for hydroxylation is 1. The second-order valence-electron chi connectivity index (χ2n) is 7.30. The van der Waals surface area contributed by atoms with Crippen molar-refractivity contribution in [3.05, 3.63) is 34.3 Å². The topological polar surface area (TPSA) is 17.1 Å². The molecule has 1 saturated carbocycles. The fourth-order valence-corrected chi connectivity index (χ4v) is 3.49. The quantitative estimate of drug-likeness (QED) is 0.730. The van der Waals surface area contributed by atoms with Crippen LogP contribution in [0.1, 0.15) is 51.2 Å². The molecular formula is C18H25ClO. The fourth-order valence-electron chi connectivity index (χ4n) is 3.18. The summed E-state index contributed by atoms with van der Waals surface area (Å²) in [7, 11) is 0. The second-order valence-corrected chi connectivity index (χ2v) is 7.71. The van der Waals surface area contributed by atoms with Crippen molar-refractivity contribution >= 4 is 17.4 Å². The Morgan fingerprint density at radius 2 is 2.00 bits per heavy atom. The third kappa shape index (κ3) is 3.63. The number of Topliss-reactive ketones (excluding diaryl/α,β-unsaturated/α-hetero) is 1. The molecule has 0 amide bonds. The van der Waals surface area contributed by atoms with Crippen LogP contribution in [0.5, 0.6) is 0 Å². The molecule has 0 saturated heterocycles. The molecule has 110 valence electrons. The van der Waals surface area contributed by atoms with E-state index >= 15 is 0 Å². The van der Waals surface area contributed by atoms with E-state index in [9.17, 15) is 4.79 Å². The average molecular weight is 293 g/mol. The second kappa shape index (κ2) is 5.89. The molecule has 1 aliphatic carbocycles. The Labute approximate surface area is 127 Å². The largest absolute Gasteiger partial charge is 0.299 e. The summed E-state index contributed by atoms with van der Waals surface area (Å²) in [6, 6.07) is 6.15. The van der Waals surface area contributed by atoms with Gasteiger partial charge < -0.3 is 0 Å². The van der Waals surface area contributed by atoms with Gasteiger partial charge in [0.05, 0.1) is 0 Å². The van der Waals surface area contributed by atoms with Gasteiger partial charge in [-0.2, -0.15) is 0 Å². The molecule has 1 aliphatic rings. The monoisotopic (exact) mass is 292 g/mol. The highest BCUT2D eigenvalue weighted by Crippen LogP contribution is 2.40. The van der Waals surface area contributed by atoms with E-state index in [-0.39, 0.29) is 11.3 Å². The van der Waals surface area contributed by atoms with Crippen LogP contribution in [-0.4, -0.2) is 5.78 Å². The van der Waals surface area contributed by atoms with E-state index in [1.54, 1.807) is 0 Å². The molecule has 2 rings (SSSR count). The van der Waals surface area contributed by atoms with Crippen LogP contribution in [0.15, 0.2) is 18.2 Å². The summed E-state index contributed by atoms with van der Waals surface area (Å²) < 4.78 is 0. The van der Waals surface area contributed by atoms with Gasteiger partial charge >= 0.3 is 0 Å². The molecule has 2 unspecified atom stereocenters. The van der Waals surface area contributed by atoms with Crippen LogP contribution in [-0.2, 0) is 11.2 Å². The summed E-state index contributed by atoms with van der Waals surface area (Å²) in [6.07, 6.45) is 3.58. The van der Waals surface area contributed by atoms with Crippen molar-refractivity contribution in [1.82, 2.24) is 0 Å². The minimum atomic E-state index is 0.146. The molecule has 0 bridgehead atoms. The number of benzene rings is 1. The zero-order valence-corrected chi connectivity index (χ0v) is 13.8. The Kier molecular flexibility index (Phi) is 4.59. The molecule has 0 N–H and O–H groups in total. The van der Waals surface area contributed by atoms with Crippen molar-refractivity contribution in [2.24, 2.45) is 17.3 Å². The molecule has 1 aromatic carbocycles. The predicted octanol–water partition coefficient (Wildman–Crippen LogP) is 5.22. The minimum Gasteiger partial charge on any atom is -0.299 e. The molecule has 1 nitrogen and oxygen atoms in total. The molecule has 0 spiro atoms. The summed E-state index contributed by atoms with van der Waals surface area (Å²) in [5, 5.41) is 0.802. The molecule has 20 heavy (non-hydrogen) atoms. The van der Waals surface area contributed by atoms with E-state index in [1.165, 1.54) is 5.56 Å². The summed E-state index contributed by atoms with van der Waals surface area (Å²) in [5.41, 5.74) is 2.57. The van der Waals surface area contributed by atoms with Gasteiger partial charge in [0.25, 0.3) is 0 Å². The Hall–Kier alpha value is -0.820. The van der Waals surface area contributed by atoms with Gasteiger partial charge in [0.2, 0.25) is 0 Å². The van der Waals surface area contributed by atoms with Crippen LogP contribution in [0.4, 0.5) is 0 Å². The van der Waals surface area contributed by atoms with Crippen molar-refractivity contribution in [3.63, 3.8) is 0 Å². The van der Waals surface area contributed by atoms with Gasteiger partial charge in [-0.05, 0) is 54.7 Å². The highest BCUT2D eigenvalue weighted by atomic mass is 35.5. The van der Waals surface area contributed by atoms with Gasteiger partial charge in [0, 0.05) is 17.4 Å². The SMILES string of the molecule is Cc1ccc(CC2CC(C(C)(C)C)CCC2=O)c(Cl)c1. The van der Waals surface area contributed by atoms with E-state index in [4.69, 9.17) is 11.6 Å².